The Morgan fingerprint density at radius 3 is 2.39 bits per heavy atom. The number of carbonyl (C=O) groups excluding carboxylic acids is 1. The molecular weight excluding hydrogens is 455 g/mol. The van der Waals surface area contributed by atoms with Crippen LogP contribution in [-0.2, 0) is 16.0 Å². The van der Waals surface area contributed by atoms with Gasteiger partial charge in [-0.05, 0) is 49.1 Å². The summed E-state index contributed by atoms with van der Waals surface area (Å²) in [6.45, 7) is 1.08. The van der Waals surface area contributed by atoms with Crippen LogP contribution < -0.4 is 5.32 Å². The maximum absolute atomic E-state index is 14.2. The summed E-state index contributed by atoms with van der Waals surface area (Å²) in [5.41, 5.74) is -0.605. The molecule has 0 saturated carbocycles. The van der Waals surface area contributed by atoms with Gasteiger partial charge in [0.15, 0.2) is 11.1 Å². The number of aromatic amines is 1. The first-order valence-corrected chi connectivity index (χ1v) is 10.2. The third-order valence-corrected chi connectivity index (χ3v) is 5.49. The summed E-state index contributed by atoms with van der Waals surface area (Å²) < 4.78 is 14.2. The molecule has 11 heteroatoms. The van der Waals surface area contributed by atoms with E-state index in [2.05, 4.69) is 20.7 Å². The summed E-state index contributed by atoms with van der Waals surface area (Å²) in [7, 11) is 0. The Hall–Kier alpha value is -3.79. The molecule has 0 aliphatic carbocycles. The van der Waals surface area contributed by atoms with E-state index in [0.717, 1.165) is 6.92 Å². The Morgan fingerprint density at radius 2 is 1.82 bits per heavy atom. The number of carboxylic acid groups (broad SMARTS) is 2. The summed E-state index contributed by atoms with van der Waals surface area (Å²) in [4.78, 5) is 35.8. The number of nitrogens with one attached hydrogen (secondary N) is 2. The number of hydrogen-bond donors (Lipinski definition) is 4. The highest BCUT2D eigenvalue weighted by molar-refractivity contribution is 6.30. The predicted octanol–water partition coefficient (Wildman–Crippen LogP) is 3.17. The highest BCUT2D eigenvalue weighted by Crippen LogP contribution is 2.28. The van der Waals surface area contributed by atoms with Crippen LogP contribution in [0.2, 0.25) is 5.02 Å². The van der Waals surface area contributed by atoms with Crippen molar-refractivity contribution < 1.29 is 29.0 Å². The minimum Gasteiger partial charge on any atom is -0.480 e. The minimum atomic E-state index is -2.13. The van der Waals surface area contributed by atoms with Crippen molar-refractivity contribution in [3.63, 3.8) is 0 Å². The van der Waals surface area contributed by atoms with Gasteiger partial charge in [0.05, 0.1) is 6.20 Å². The van der Waals surface area contributed by atoms with Gasteiger partial charge in [-0.3, -0.25) is 14.4 Å². The van der Waals surface area contributed by atoms with Gasteiger partial charge in [-0.25, -0.2) is 4.39 Å². The van der Waals surface area contributed by atoms with Gasteiger partial charge in [-0.1, -0.05) is 35.9 Å². The summed E-state index contributed by atoms with van der Waals surface area (Å²) in [6, 6.07) is 10.0. The van der Waals surface area contributed by atoms with Crippen molar-refractivity contribution in [1.29, 1.82) is 0 Å². The van der Waals surface area contributed by atoms with Gasteiger partial charge in [-0.15, -0.1) is 0 Å². The smallest absolute Gasteiger partial charge is 0.320 e. The quantitative estimate of drug-likeness (QED) is 0.348. The molecule has 0 saturated heterocycles. The summed E-state index contributed by atoms with van der Waals surface area (Å²) >= 11 is 5.96. The molecule has 0 aliphatic rings. The SMILES string of the molecule is CC(C[C@@H](Cc1ccc(-c2cc(Cl)ccc2F)cc1)NC(=O)c1cn[nH]n1)(C(=O)O)C(=O)O. The van der Waals surface area contributed by atoms with Crippen molar-refractivity contribution in [3.8, 4) is 11.1 Å². The van der Waals surface area contributed by atoms with Crippen LogP contribution in [-0.4, -0.2) is 49.5 Å². The summed E-state index contributed by atoms with van der Waals surface area (Å²) in [5.74, 6) is -4.13. The highest BCUT2D eigenvalue weighted by atomic mass is 35.5. The third kappa shape index (κ3) is 5.53. The molecule has 3 aromatic rings. The fourth-order valence-electron chi connectivity index (χ4n) is 3.33. The zero-order chi connectivity index (χ0) is 24.2. The van der Waals surface area contributed by atoms with Gasteiger partial charge in [0.1, 0.15) is 5.82 Å². The number of amides is 1. The predicted molar refractivity (Wildman–Crippen MR) is 116 cm³/mol. The van der Waals surface area contributed by atoms with Gasteiger partial charge in [0.2, 0.25) is 0 Å². The molecule has 2 aromatic carbocycles. The zero-order valence-corrected chi connectivity index (χ0v) is 18.1. The molecule has 0 fully saturated rings. The van der Waals surface area contributed by atoms with Crippen molar-refractivity contribution in [2.24, 2.45) is 5.41 Å². The minimum absolute atomic E-state index is 0.0286. The van der Waals surface area contributed by atoms with E-state index in [1.165, 1.54) is 24.4 Å². The monoisotopic (exact) mass is 474 g/mol. The standard InChI is InChI=1S/C22H20ClFN4O5/c1-22(20(30)31,21(32)33)10-15(26-19(29)18-11-25-28-27-18)8-12-2-4-13(5-3-12)16-9-14(23)6-7-17(16)24/h2-7,9,11,15H,8,10H2,1H3,(H,26,29)(H,30,31)(H,32,33)(H,25,27,28)/t15-/m1/s1. The van der Waals surface area contributed by atoms with Crippen LogP contribution in [0.3, 0.4) is 0 Å². The van der Waals surface area contributed by atoms with E-state index in [9.17, 15) is 29.0 Å². The molecule has 1 heterocycles. The lowest BCUT2D eigenvalue weighted by Crippen LogP contribution is -2.46. The molecule has 1 aromatic heterocycles. The summed E-state index contributed by atoms with van der Waals surface area (Å²) in [6.07, 6.45) is 0.929. The Kier molecular flexibility index (Phi) is 7.07. The van der Waals surface area contributed by atoms with E-state index in [0.29, 0.717) is 21.7 Å². The van der Waals surface area contributed by atoms with E-state index in [1.807, 2.05) is 0 Å². The van der Waals surface area contributed by atoms with Crippen LogP contribution in [0.1, 0.15) is 29.4 Å². The maximum atomic E-state index is 14.2. The van der Waals surface area contributed by atoms with Gasteiger partial charge in [-0.2, -0.15) is 15.4 Å². The maximum Gasteiger partial charge on any atom is 0.320 e. The van der Waals surface area contributed by atoms with E-state index in [4.69, 9.17) is 11.6 Å². The number of nitrogens with zero attached hydrogens (tertiary/aromatic N) is 2. The second kappa shape index (κ2) is 9.78. The molecule has 172 valence electrons. The molecule has 1 amide bonds. The third-order valence-electron chi connectivity index (χ3n) is 5.26. The van der Waals surface area contributed by atoms with Crippen molar-refractivity contribution in [2.45, 2.75) is 25.8 Å². The average Bonchev–Trinajstić information content (AvgIpc) is 3.31. The highest BCUT2D eigenvalue weighted by Gasteiger charge is 2.43. The molecule has 9 nitrogen and oxygen atoms in total. The van der Waals surface area contributed by atoms with Crippen LogP contribution in [0.25, 0.3) is 11.1 Å². The largest absolute Gasteiger partial charge is 0.480 e. The molecular formula is C22H20ClFN4O5. The fourth-order valence-corrected chi connectivity index (χ4v) is 3.50. The number of halogens is 2. The second-order valence-electron chi connectivity index (χ2n) is 7.70. The zero-order valence-electron chi connectivity index (χ0n) is 17.4. The van der Waals surface area contributed by atoms with Crippen LogP contribution >= 0.6 is 11.6 Å². The Labute approximate surface area is 192 Å². The van der Waals surface area contributed by atoms with Gasteiger partial charge in [0.25, 0.3) is 5.91 Å². The van der Waals surface area contributed by atoms with Crippen molar-refractivity contribution in [1.82, 2.24) is 20.7 Å². The molecule has 1 atom stereocenters. The van der Waals surface area contributed by atoms with E-state index in [-0.39, 0.29) is 18.5 Å². The number of carbonyl (C=O) groups is 3. The van der Waals surface area contributed by atoms with Crippen molar-refractivity contribution >= 4 is 29.4 Å². The number of benzene rings is 2. The van der Waals surface area contributed by atoms with Crippen molar-refractivity contribution in [3.05, 3.63) is 70.8 Å². The first kappa shape index (κ1) is 23.9. The molecule has 4 N–H and O–H groups in total. The van der Waals surface area contributed by atoms with Crippen LogP contribution in [0.4, 0.5) is 4.39 Å². The average molecular weight is 475 g/mol. The molecule has 0 radical (unpaired) electrons. The molecule has 3 rings (SSSR count). The molecule has 0 bridgehead atoms. The molecule has 0 spiro atoms. The van der Waals surface area contributed by atoms with Gasteiger partial charge in [0, 0.05) is 16.6 Å². The molecule has 33 heavy (non-hydrogen) atoms. The van der Waals surface area contributed by atoms with E-state index in [1.54, 1.807) is 24.3 Å². The number of aromatic nitrogens is 3. The van der Waals surface area contributed by atoms with Crippen LogP contribution in [0.15, 0.2) is 48.7 Å². The number of rotatable bonds is 9. The topological polar surface area (TPSA) is 145 Å². The summed E-state index contributed by atoms with van der Waals surface area (Å²) in [5, 5.41) is 31.5. The Morgan fingerprint density at radius 1 is 1.15 bits per heavy atom. The first-order valence-electron chi connectivity index (χ1n) is 9.78. The lowest BCUT2D eigenvalue weighted by atomic mass is 9.82. The van der Waals surface area contributed by atoms with Gasteiger partial charge < -0.3 is 15.5 Å². The Balaban J connectivity index is 1.85. The number of H-pyrrole nitrogens is 1. The van der Waals surface area contributed by atoms with Gasteiger partial charge >= 0.3 is 11.9 Å². The van der Waals surface area contributed by atoms with Crippen LogP contribution in [0.5, 0.6) is 0 Å². The normalized spacial score (nSPS) is 12.2. The number of hydrogen-bond acceptors (Lipinski definition) is 5. The first-order chi connectivity index (χ1) is 15.6. The van der Waals surface area contributed by atoms with Crippen molar-refractivity contribution in [2.75, 3.05) is 0 Å². The number of aliphatic carboxylic acids is 2. The van der Waals surface area contributed by atoms with E-state index < -0.39 is 35.1 Å². The Bertz CT molecular complexity index is 1150. The second-order valence-corrected chi connectivity index (χ2v) is 8.13. The molecule has 0 unspecified atom stereocenters. The van der Waals surface area contributed by atoms with Crippen LogP contribution in [0, 0.1) is 11.2 Å². The van der Waals surface area contributed by atoms with E-state index >= 15 is 0 Å². The lowest BCUT2D eigenvalue weighted by molar-refractivity contribution is -0.164. The lowest BCUT2D eigenvalue weighted by Gasteiger charge is -2.26. The number of carboxylic acids is 2. The fraction of sp³-hybridized carbons (Fsp3) is 0.227. The molecule has 0 aliphatic heterocycles.